The van der Waals surface area contributed by atoms with Crippen LogP contribution in [0.3, 0.4) is 0 Å². The van der Waals surface area contributed by atoms with Crippen molar-refractivity contribution in [1.82, 2.24) is 14.8 Å². The molecule has 0 radical (unpaired) electrons. The van der Waals surface area contributed by atoms with Gasteiger partial charge in [0, 0.05) is 36.1 Å². The van der Waals surface area contributed by atoms with Crippen molar-refractivity contribution in [1.29, 1.82) is 0 Å². The number of benzene rings is 2. The molecule has 1 N–H and O–H groups in total. The monoisotopic (exact) mass is 423 g/mol. The van der Waals surface area contributed by atoms with Crippen molar-refractivity contribution < 1.29 is 4.79 Å². The van der Waals surface area contributed by atoms with Crippen molar-refractivity contribution in [3.8, 4) is 11.3 Å². The predicted molar refractivity (Wildman–Crippen MR) is 125 cm³/mol. The first kappa shape index (κ1) is 21.0. The highest BCUT2D eigenvalue weighted by Gasteiger charge is 2.39. The number of para-hydroxylation sites is 1. The lowest BCUT2D eigenvalue weighted by atomic mass is 9.97. The number of halogens is 1. The molecule has 2 aliphatic rings. The quantitative estimate of drug-likeness (QED) is 0.648. The SMILES string of the molecule is Cc1ccc(-c2c(C(=O)NC3CC4CCC(C3)N4C)c3ccccc3n2C)cc1.Cl. The van der Waals surface area contributed by atoms with Gasteiger partial charge in [0.15, 0.2) is 0 Å². The van der Waals surface area contributed by atoms with E-state index in [-0.39, 0.29) is 24.4 Å². The normalized spacial score (nSPS) is 23.4. The molecule has 5 rings (SSSR count). The van der Waals surface area contributed by atoms with Crippen molar-refractivity contribution in [3.05, 3.63) is 59.7 Å². The van der Waals surface area contributed by atoms with Crippen molar-refractivity contribution in [2.75, 3.05) is 7.05 Å². The molecule has 1 amide bonds. The second kappa shape index (κ2) is 8.09. The molecule has 0 aliphatic carbocycles. The number of rotatable bonds is 3. The van der Waals surface area contributed by atoms with Crippen LogP contribution in [-0.2, 0) is 7.05 Å². The third-order valence-electron chi connectivity index (χ3n) is 7.09. The molecule has 2 aromatic carbocycles. The Labute approximate surface area is 184 Å². The fourth-order valence-electron chi connectivity index (χ4n) is 5.46. The Bertz CT molecular complexity index is 1060. The number of aryl methyl sites for hydroxylation is 2. The molecular formula is C25H30ClN3O. The van der Waals surface area contributed by atoms with Crippen molar-refractivity contribution in [2.24, 2.45) is 7.05 Å². The number of nitrogens with zero attached hydrogens (tertiary/aromatic N) is 2. The second-order valence-corrected chi connectivity index (χ2v) is 8.86. The van der Waals surface area contributed by atoms with E-state index >= 15 is 0 Å². The Hall–Kier alpha value is -2.30. The van der Waals surface area contributed by atoms with Crippen LogP contribution in [0.25, 0.3) is 22.2 Å². The summed E-state index contributed by atoms with van der Waals surface area (Å²) in [6.45, 7) is 2.09. The predicted octanol–water partition coefficient (Wildman–Crippen LogP) is 4.93. The van der Waals surface area contributed by atoms with Crippen LogP contribution in [0.15, 0.2) is 48.5 Å². The van der Waals surface area contributed by atoms with Crippen LogP contribution in [-0.4, -0.2) is 40.5 Å². The molecular weight excluding hydrogens is 394 g/mol. The number of carbonyl (C=O) groups is 1. The van der Waals surface area contributed by atoms with Crippen LogP contribution in [0, 0.1) is 6.92 Å². The summed E-state index contributed by atoms with van der Waals surface area (Å²) in [7, 11) is 4.30. The standard InChI is InChI=1S/C25H29N3O.ClH/c1-16-8-10-17(11-9-16)24-23(21-6-4-5-7-22(21)28(24)3)25(29)26-18-14-19-12-13-20(15-18)27(19)2;/h4-11,18-20H,12-15H2,1-3H3,(H,26,29);1H. The lowest BCUT2D eigenvalue weighted by Crippen LogP contribution is -2.48. The van der Waals surface area contributed by atoms with Crippen molar-refractivity contribution in [2.45, 2.75) is 50.7 Å². The van der Waals surface area contributed by atoms with Gasteiger partial charge >= 0.3 is 0 Å². The van der Waals surface area contributed by atoms with Crippen LogP contribution in [0.2, 0.25) is 0 Å². The van der Waals surface area contributed by atoms with Gasteiger partial charge in [0.25, 0.3) is 5.91 Å². The Kier molecular flexibility index (Phi) is 5.65. The summed E-state index contributed by atoms with van der Waals surface area (Å²) in [5.41, 5.74) is 5.21. The average Bonchev–Trinajstić information content (AvgIpc) is 3.11. The molecule has 30 heavy (non-hydrogen) atoms. The van der Waals surface area contributed by atoms with Crippen LogP contribution in [0.1, 0.15) is 41.6 Å². The van der Waals surface area contributed by atoms with Gasteiger partial charge in [0.2, 0.25) is 0 Å². The van der Waals surface area contributed by atoms with Gasteiger partial charge in [-0.15, -0.1) is 12.4 Å². The van der Waals surface area contributed by atoms with Crippen LogP contribution >= 0.6 is 12.4 Å². The van der Waals surface area contributed by atoms with E-state index in [0.717, 1.165) is 40.6 Å². The van der Waals surface area contributed by atoms with Crippen molar-refractivity contribution >= 4 is 29.2 Å². The summed E-state index contributed by atoms with van der Waals surface area (Å²) >= 11 is 0. The number of hydrogen-bond donors (Lipinski definition) is 1. The number of piperidine rings is 1. The number of fused-ring (bicyclic) bond motifs is 3. The first-order valence-electron chi connectivity index (χ1n) is 10.7. The molecule has 5 heteroatoms. The molecule has 2 atom stereocenters. The Morgan fingerprint density at radius 2 is 1.60 bits per heavy atom. The lowest BCUT2D eigenvalue weighted by molar-refractivity contribution is 0.0884. The fourth-order valence-corrected chi connectivity index (χ4v) is 5.46. The molecule has 2 unspecified atom stereocenters. The highest BCUT2D eigenvalue weighted by atomic mass is 35.5. The zero-order chi connectivity index (χ0) is 20.1. The summed E-state index contributed by atoms with van der Waals surface area (Å²) in [6.07, 6.45) is 4.64. The third kappa shape index (κ3) is 3.42. The van der Waals surface area contributed by atoms with Gasteiger partial charge in [-0.3, -0.25) is 4.79 Å². The topological polar surface area (TPSA) is 37.3 Å². The largest absolute Gasteiger partial charge is 0.349 e. The maximum atomic E-state index is 13.6. The maximum Gasteiger partial charge on any atom is 0.254 e. The molecule has 0 spiro atoms. The first-order valence-corrected chi connectivity index (χ1v) is 10.7. The molecule has 0 saturated carbocycles. The number of aromatic nitrogens is 1. The van der Waals surface area contributed by atoms with Gasteiger partial charge in [0.05, 0.1) is 11.3 Å². The van der Waals surface area contributed by atoms with Gasteiger partial charge in [0.1, 0.15) is 0 Å². The van der Waals surface area contributed by atoms with Gasteiger partial charge < -0.3 is 14.8 Å². The van der Waals surface area contributed by atoms with E-state index in [9.17, 15) is 4.79 Å². The third-order valence-corrected chi connectivity index (χ3v) is 7.09. The zero-order valence-electron chi connectivity index (χ0n) is 17.9. The van der Waals surface area contributed by atoms with Gasteiger partial charge in [-0.1, -0.05) is 48.0 Å². The van der Waals surface area contributed by atoms with E-state index < -0.39 is 0 Å². The zero-order valence-corrected chi connectivity index (χ0v) is 18.7. The van der Waals surface area contributed by atoms with Crippen LogP contribution < -0.4 is 5.32 Å². The first-order chi connectivity index (χ1) is 14.0. The lowest BCUT2D eigenvalue weighted by Gasteiger charge is -2.36. The Balaban J connectivity index is 0.00000218. The van der Waals surface area contributed by atoms with Crippen LogP contribution in [0.5, 0.6) is 0 Å². The number of nitrogens with one attached hydrogen (secondary N) is 1. The molecule has 4 nitrogen and oxygen atoms in total. The minimum atomic E-state index is 0. The van der Waals surface area contributed by atoms with Gasteiger partial charge in [-0.2, -0.15) is 0 Å². The summed E-state index contributed by atoms with van der Waals surface area (Å²) in [6, 6.07) is 18.2. The van der Waals surface area contributed by atoms with E-state index in [0.29, 0.717) is 12.1 Å². The molecule has 2 fully saturated rings. The minimum Gasteiger partial charge on any atom is -0.349 e. The van der Waals surface area contributed by atoms with E-state index in [2.05, 4.69) is 72.2 Å². The molecule has 158 valence electrons. The molecule has 1 aromatic heterocycles. The minimum absolute atomic E-state index is 0. The summed E-state index contributed by atoms with van der Waals surface area (Å²) in [4.78, 5) is 16.1. The molecule has 3 aromatic rings. The second-order valence-electron chi connectivity index (χ2n) is 8.86. The van der Waals surface area contributed by atoms with Gasteiger partial charge in [-0.25, -0.2) is 0 Å². The smallest absolute Gasteiger partial charge is 0.254 e. The molecule has 2 aliphatic heterocycles. The Morgan fingerprint density at radius 3 is 2.27 bits per heavy atom. The van der Waals surface area contributed by atoms with E-state index in [1.807, 2.05) is 12.1 Å². The summed E-state index contributed by atoms with van der Waals surface area (Å²) in [5.74, 6) is 0.0614. The summed E-state index contributed by atoms with van der Waals surface area (Å²) < 4.78 is 2.16. The summed E-state index contributed by atoms with van der Waals surface area (Å²) in [5, 5.41) is 4.43. The average molecular weight is 424 g/mol. The van der Waals surface area contributed by atoms with E-state index in [1.165, 1.54) is 18.4 Å². The van der Waals surface area contributed by atoms with Crippen LogP contribution in [0.4, 0.5) is 0 Å². The fraction of sp³-hybridized carbons (Fsp3) is 0.400. The van der Waals surface area contributed by atoms with E-state index in [1.54, 1.807) is 0 Å². The maximum absolute atomic E-state index is 13.6. The Morgan fingerprint density at radius 1 is 0.967 bits per heavy atom. The highest BCUT2D eigenvalue weighted by Crippen LogP contribution is 2.36. The number of hydrogen-bond acceptors (Lipinski definition) is 2. The van der Waals surface area contributed by atoms with Crippen molar-refractivity contribution in [3.63, 3.8) is 0 Å². The number of carbonyl (C=O) groups excluding carboxylic acids is 1. The molecule has 2 bridgehead atoms. The van der Waals surface area contributed by atoms with E-state index in [4.69, 9.17) is 0 Å². The number of amides is 1. The van der Waals surface area contributed by atoms with Gasteiger partial charge in [-0.05, 0) is 51.3 Å². The highest BCUT2D eigenvalue weighted by molar-refractivity contribution is 6.12. The molecule has 2 saturated heterocycles. The molecule has 3 heterocycles.